The minimum atomic E-state index is -0.348. The number of hydrogen-bond donors (Lipinski definition) is 1. The molecule has 1 aromatic rings. The van der Waals surface area contributed by atoms with Crippen molar-refractivity contribution < 1.29 is 9.53 Å². The van der Waals surface area contributed by atoms with Gasteiger partial charge < -0.3 is 10.1 Å². The molecule has 1 aliphatic heterocycles. The van der Waals surface area contributed by atoms with Crippen molar-refractivity contribution in [2.45, 2.75) is 45.6 Å². The van der Waals surface area contributed by atoms with Crippen LogP contribution in [0.25, 0.3) is 0 Å². The van der Waals surface area contributed by atoms with Crippen molar-refractivity contribution in [3.63, 3.8) is 0 Å². The van der Waals surface area contributed by atoms with Crippen LogP contribution in [-0.2, 0) is 9.53 Å². The number of anilines is 1. The summed E-state index contributed by atoms with van der Waals surface area (Å²) in [5.74, 6) is -0.0235. The minimum absolute atomic E-state index is 0.0235. The maximum Gasteiger partial charge on any atom is 0.314 e. The molecule has 3 heteroatoms. The van der Waals surface area contributed by atoms with Gasteiger partial charge in [-0.05, 0) is 25.0 Å². The summed E-state index contributed by atoms with van der Waals surface area (Å²) in [6.07, 6.45) is 3.79. The van der Waals surface area contributed by atoms with E-state index in [4.69, 9.17) is 4.74 Å². The minimum Gasteiger partial charge on any atom is -0.463 e. The number of carbonyl (C=O) groups is 1. The van der Waals surface area contributed by atoms with Gasteiger partial charge in [-0.15, -0.1) is 0 Å². The fraction of sp³-hybridized carbons (Fsp3) is 0.562. The number of hydrogen-bond acceptors (Lipinski definition) is 3. The maximum atomic E-state index is 12.2. The van der Waals surface area contributed by atoms with Crippen molar-refractivity contribution >= 4 is 11.7 Å². The van der Waals surface area contributed by atoms with Gasteiger partial charge in [-0.3, -0.25) is 4.79 Å². The molecule has 19 heavy (non-hydrogen) atoms. The van der Waals surface area contributed by atoms with Crippen molar-refractivity contribution in [1.82, 2.24) is 0 Å². The summed E-state index contributed by atoms with van der Waals surface area (Å²) in [5.41, 5.74) is 0.710. The van der Waals surface area contributed by atoms with Gasteiger partial charge in [-0.25, -0.2) is 0 Å². The van der Waals surface area contributed by atoms with E-state index >= 15 is 0 Å². The number of ether oxygens (including phenoxy) is 1. The molecule has 2 rings (SSSR count). The zero-order valence-electron chi connectivity index (χ0n) is 11.8. The smallest absolute Gasteiger partial charge is 0.314 e. The third kappa shape index (κ3) is 2.75. The fourth-order valence-electron chi connectivity index (χ4n) is 3.09. The Morgan fingerprint density at radius 3 is 2.42 bits per heavy atom. The number of carbonyl (C=O) groups excluding carboxylic acids is 1. The zero-order valence-corrected chi connectivity index (χ0v) is 11.8. The van der Waals surface area contributed by atoms with E-state index in [1.807, 2.05) is 30.3 Å². The normalized spacial score (nSPS) is 21.2. The lowest BCUT2D eigenvalue weighted by Gasteiger charge is -2.31. The number of cyclic esters (lactones) is 1. The van der Waals surface area contributed by atoms with Crippen molar-refractivity contribution in [2.24, 2.45) is 5.41 Å². The first-order valence-electron chi connectivity index (χ1n) is 7.21. The molecule has 1 atom stereocenters. The second kappa shape index (κ2) is 6.09. The summed E-state index contributed by atoms with van der Waals surface area (Å²) in [4.78, 5) is 12.2. The highest BCUT2D eigenvalue weighted by atomic mass is 16.5. The lowest BCUT2D eigenvalue weighted by molar-refractivity contribution is -0.147. The molecule has 1 aromatic carbocycles. The standard InChI is InChI=1S/C16H23NO2/c1-3-10-16(11-4-2)14(12-19-15(16)18)17-13-8-6-5-7-9-13/h5-9,14,17H,3-4,10-12H2,1-2H3/t14-/m1/s1. The Morgan fingerprint density at radius 1 is 1.21 bits per heavy atom. The lowest BCUT2D eigenvalue weighted by atomic mass is 9.74. The number of para-hydroxylation sites is 1. The molecule has 1 saturated heterocycles. The van der Waals surface area contributed by atoms with Gasteiger partial charge in [0.1, 0.15) is 6.61 Å². The molecule has 0 radical (unpaired) electrons. The van der Waals surface area contributed by atoms with Gasteiger partial charge in [0.05, 0.1) is 11.5 Å². The molecule has 104 valence electrons. The van der Waals surface area contributed by atoms with Gasteiger partial charge in [0.25, 0.3) is 0 Å². The molecule has 0 saturated carbocycles. The van der Waals surface area contributed by atoms with E-state index in [0.717, 1.165) is 31.4 Å². The molecule has 1 aliphatic rings. The van der Waals surface area contributed by atoms with Crippen LogP contribution in [0.1, 0.15) is 39.5 Å². The number of benzene rings is 1. The predicted molar refractivity (Wildman–Crippen MR) is 77.1 cm³/mol. The Balaban J connectivity index is 2.19. The zero-order chi connectivity index (χ0) is 13.7. The molecule has 0 aliphatic carbocycles. The van der Waals surface area contributed by atoms with Gasteiger partial charge in [0.15, 0.2) is 0 Å². The summed E-state index contributed by atoms with van der Waals surface area (Å²) < 4.78 is 5.36. The molecule has 1 fully saturated rings. The van der Waals surface area contributed by atoms with Crippen LogP contribution in [0.2, 0.25) is 0 Å². The van der Waals surface area contributed by atoms with Crippen LogP contribution >= 0.6 is 0 Å². The highest BCUT2D eigenvalue weighted by Gasteiger charge is 2.50. The summed E-state index contributed by atoms with van der Waals surface area (Å²) in [7, 11) is 0. The summed E-state index contributed by atoms with van der Waals surface area (Å²) in [5, 5.41) is 3.49. The van der Waals surface area contributed by atoms with E-state index < -0.39 is 0 Å². The van der Waals surface area contributed by atoms with E-state index in [1.54, 1.807) is 0 Å². The third-order valence-electron chi connectivity index (χ3n) is 3.96. The lowest BCUT2D eigenvalue weighted by Crippen LogP contribution is -2.41. The Morgan fingerprint density at radius 2 is 1.84 bits per heavy atom. The average molecular weight is 261 g/mol. The summed E-state index contributed by atoms with van der Waals surface area (Å²) in [6, 6.07) is 10.1. The first kappa shape index (κ1) is 13.9. The Hall–Kier alpha value is -1.51. The van der Waals surface area contributed by atoms with E-state index in [2.05, 4.69) is 19.2 Å². The van der Waals surface area contributed by atoms with Crippen LogP contribution in [-0.4, -0.2) is 18.6 Å². The van der Waals surface area contributed by atoms with Crippen molar-refractivity contribution in [3.05, 3.63) is 30.3 Å². The molecule has 1 N–H and O–H groups in total. The van der Waals surface area contributed by atoms with Crippen LogP contribution in [0.3, 0.4) is 0 Å². The largest absolute Gasteiger partial charge is 0.463 e. The molecule has 0 spiro atoms. The Kier molecular flexibility index (Phi) is 4.46. The molecule has 0 amide bonds. The summed E-state index contributed by atoms with van der Waals surface area (Å²) in [6.45, 7) is 4.74. The van der Waals surface area contributed by atoms with Crippen molar-refractivity contribution in [2.75, 3.05) is 11.9 Å². The van der Waals surface area contributed by atoms with E-state index in [1.165, 1.54) is 0 Å². The third-order valence-corrected chi connectivity index (χ3v) is 3.96. The van der Waals surface area contributed by atoms with Gasteiger partial charge in [-0.1, -0.05) is 44.9 Å². The molecule has 1 heterocycles. The molecule has 0 unspecified atom stereocenters. The first-order chi connectivity index (χ1) is 9.23. The summed E-state index contributed by atoms with van der Waals surface area (Å²) >= 11 is 0. The first-order valence-corrected chi connectivity index (χ1v) is 7.21. The molecular weight excluding hydrogens is 238 g/mol. The van der Waals surface area contributed by atoms with Gasteiger partial charge in [0.2, 0.25) is 0 Å². The fourth-order valence-corrected chi connectivity index (χ4v) is 3.09. The van der Waals surface area contributed by atoms with Crippen LogP contribution < -0.4 is 5.32 Å². The van der Waals surface area contributed by atoms with Gasteiger partial charge in [-0.2, -0.15) is 0 Å². The number of rotatable bonds is 6. The van der Waals surface area contributed by atoms with E-state index in [-0.39, 0.29) is 17.4 Å². The van der Waals surface area contributed by atoms with Crippen LogP contribution in [0.4, 0.5) is 5.69 Å². The molecule has 3 nitrogen and oxygen atoms in total. The Bertz CT molecular complexity index is 410. The van der Waals surface area contributed by atoms with Crippen molar-refractivity contribution in [1.29, 1.82) is 0 Å². The SMILES string of the molecule is CCCC1(CCC)C(=O)OC[C@H]1Nc1ccccc1. The topological polar surface area (TPSA) is 38.3 Å². The maximum absolute atomic E-state index is 12.2. The molecular formula is C16H23NO2. The van der Waals surface area contributed by atoms with Crippen LogP contribution in [0, 0.1) is 5.41 Å². The second-order valence-corrected chi connectivity index (χ2v) is 5.32. The number of nitrogens with one attached hydrogen (secondary N) is 1. The average Bonchev–Trinajstić information content (AvgIpc) is 2.70. The van der Waals surface area contributed by atoms with Crippen LogP contribution in [0.5, 0.6) is 0 Å². The van der Waals surface area contributed by atoms with E-state index in [0.29, 0.717) is 6.61 Å². The highest BCUT2D eigenvalue weighted by Crippen LogP contribution is 2.41. The van der Waals surface area contributed by atoms with Crippen molar-refractivity contribution in [3.8, 4) is 0 Å². The van der Waals surface area contributed by atoms with Gasteiger partial charge in [0, 0.05) is 5.69 Å². The monoisotopic (exact) mass is 261 g/mol. The second-order valence-electron chi connectivity index (χ2n) is 5.32. The van der Waals surface area contributed by atoms with Gasteiger partial charge >= 0.3 is 5.97 Å². The Labute approximate surface area is 115 Å². The molecule has 0 bridgehead atoms. The van der Waals surface area contributed by atoms with Crippen LogP contribution in [0.15, 0.2) is 30.3 Å². The highest BCUT2D eigenvalue weighted by molar-refractivity contribution is 5.81. The molecule has 0 aromatic heterocycles. The number of esters is 1. The van der Waals surface area contributed by atoms with E-state index in [9.17, 15) is 4.79 Å². The quantitative estimate of drug-likeness (QED) is 0.795. The predicted octanol–water partition coefficient (Wildman–Crippen LogP) is 3.61.